The number of carbonyl (C=O) groups excluding carboxylic acids is 2. The van der Waals surface area contributed by atoms with Crippen LogP contribution < -0.4 is 5.73 Å². The molecule has 1 aliphatic heterocycles. The van der Waals surface area contributed by atoms with Crippen molar-refractivity contribution in [3.05, 3.63) is 59.2 Å². The Kier molecular flexibility index (Phi) is 6.21. The van der Waals surface area contributed by atoms with Crippen molar-refractivity contribution >= 4 is 51.1 Å². The number of amides is 2. The van der Waals surface area contributed by atoms with Gasteiger partial charge in [-0.05, 0) is 36.8 Å². The first-order valence-electron chi connectivity index (χ1n) is 11.6. The van der Waals surface area contributed by atoms with Crippen LogP contribution in [0.1, 0.15) is 23.7 Å². The number of H-pyrrole nitrogens is 1. The van der Waals surface area contributed by atoms with Gasteiger partial charge in [-0.15, -0.1) is 0 Å². The zero-order valence-corrected chi connectivity index (χ0v) is 20.1. The molecule has 9 heteroatoms. The summed E-state index contributed by atoms with van der Waals surface area (Å²) in [5.41, 5.74) is 10.4. The number of rotatable bonds is 4. The van der Waals surface area contributed by atoms with E-state index in [1.54, 1.807) is 28.1 Å². The van der Waals surface area contributed by atoms with E-state index in [0.29, 0.717) is 60.3 Å². The lowest BCUT2D eigenvalue weighted by Crippen LogP contribution is -2.50. The third kappa shape index (κ3) is 4.49. The predicted octanol–water partition coefficient (Wildman–Crippen LogP) is 4.92. The van der Waals surface area contributed by atoms with Crippen LogP contribution in [-0.4, -0.2) is 64.6 Å². The van der Waals surface area contributed by atoms with Gasteiger partial charge in [0.05, 0.1) is 28.5 Å². The number of hydrogen-bond donors (Lipinski definition) is 2. The monoisotopic (exact) mass is 491 g/mol. The molecule has 1 fully saturated rings. The van der Waals surface area contributed by atoms with E-state index in [1.807, 2.05) is 37.3 Å². The Morgan fingerprint density at radius 1 is 1.06 bits per heavy atom. The van der Waals surface area contributed by atoms with Crippen LogP contribution in [0, 0.1) is 0 Å². The fourth-order valence-corrected chi connectivity index (χ4v) is 4.59. The van der Waals surface area contributed by atoms with Crippen molar-refractivity contribution in [1.82, 2.24) is 19.8 Å². The van der Waals surface area contributed by atoms with Crippen LogP contribution >= 0.6 is 11.6 Å². The van der Waals surface area contributed by atoms with Crippen molar-refractivity contribution in [3.8, 4) is 11.3 Å². The summed E-state index contributed by atoms with van der Waals surface area (Å²) in [5, 5.41) is 2.25. The van der Waals surface area contributed by atoms with Gasteiger partial charge >= 0.3 is 6.09 Å². The van der Waals surface area contributed by atoms with Crippen molar-refractivity contribution in [1.29, 1.82) is 0 Å². The maximum Gasteiger partial charge on any atom is 0.409 e. The lowest BCUT2D eigenvalue weighted by molar-refractivity contribution is 0.0560. The van der Waals surface area contributed by atoms with Crippen molar-refractivity contribution < 1.29 is 14.3 Å². The third-order valence-electron chi connectivity index (χ3n) is 6.27. The molecule has 2 amide bonds. The summed E-state index contributed by atoms with van der Waals surface area (Å²) in [6, 6.07) is 13.1. The first kappa shape index (κ1) is 23.0. The molecule has 3 heterocycles. The van der Waals surface area contributed by atoms with Gasteiger partial charge in [0.15, 0.2) is 0 Å². The Hall–Kier alpha value is -3.78. The minimum Gasteiger partial charge on any atom is -0.449 e. The van der Waals surface area contributed by atoms with Crippen molar-refractivity contribution in [2.75, 3.05) is 38.5 Å². The second kappa shape index (κ2) is 9.46. The Balaban J connectivity index is 1.38. The minimum atomic E-state index is -0.324. The molecule has 4 aromatic rings. The van der Waals surface area contributed by atoms with Crippen LogP contribution in [0.5, 0.6) is 0 Å². The van der Waals surface area contributed by atoms with Gasteiger partial charge < -0.3 is 25.3 Å². The Morgan fingerprint density at radius 2 is 1.83 bits per heavy atom. The normalized spacial score (nSPS) is 14.0. The number of aromatic nitrogens is 2. The van der Waals surface area contributed by atoms with Crippen molar-refractivity contribution in [3.63, 3.8) is 0 Å². The number of fused-ring (bicyclic) bond motifs is 2. The number of hydrogen-bond acceptors (Lipinski definition) is 5. The Bertz CT molecular complexity index is 1430. The van der Waals surface area contributed by atoms with E-state index in [4.69, 9.17) is 27.1 Å². The van der Waals surface area contributed by atoms with E-state index in [2.05, 4.69) is 4.98 Å². The maximum atomic E-state index is 13.2. The van der Waals surface area contributed by atoms with Crippen LogP contribution in [0.15, 0.2) is 48.7 Å². The number of nitrogens with two attached hydrogens (primary N) is 1. The van der Waals surface area contributed by atoms with E-state index < -0.39 is 0 Å². The molecule has 5 rings (SSSR count). The van der Waals surface area contributed by atoms with E-state index >= 15 is 0 Å². The van der Waals surface area contributed by atoms with Gasteiger partial charge in [-0.25, -0.2) is 9.78 Å². The van der Waals surface area contributed by atoms with Gasteiger partial charge in [0, 0.05) is 59.8 Å². The van der Waals surface area contributed by atoms with Crippen LogP contribution in [-0.2, 0) is 4.74 Å². The molecule has 0 spiro atoms. The molecule has 0 aliphatic carbocycles. The first-order chi connectivity index (χ1) is 16.9. The van der Waals surface area contributed by atoms with Gasteiger partial charge in [0.2, 0.25) is 0 Å². The lowest BCUT2D eigenvalue weighted by Gasteiger charge is -2.34. The van der Waals surface area contributed by atoms with Gasteiger partial charge in [-0.2, -0.15) is 0 Å². The molecule has 0 unspecified atom stereocenters. The first-order valence-corrected chi connectivity index (χ1v) is 12.0. The third-order valence-corrected chi connectivity index (χ3v) is 6.58. The standard InChI is InChI=1S/C26H26ClN5O3/c1-2-11-35-26(34)32-9-7-31(8-10-32)25(33)17-3-5-18-20(27)14-23(30-24(18)13-17)16-4-6-22-19(12-16)21(28)15-29-22/h3-6,12-15,29H,2,7-11,28H2,1H3. The number of carbonyl (C=O) groups is 2. The molecule has 3 N–H and O–H groups in total. The summed E-state index contributed by atoms with van der Waals surface area (Å²) < 4.78 is 5.20. The number of nitrogens with one attached hydrogen (secondary N) is 1. The number of nitrogens with zero attached hydrogens (tertiary/aromatic N) is 3. The number of pyridine rings is 1. The second-order valence-electron chi connectivity index (χ2n) is 8.62. The fourth-order valence-electron chi connectivity index (χ4n) is 4.32. The number of halogens is 1. The molecular formula is C26H26ClN5O3. The average Bonchev–Trinajstić information content (AvgIpc) is 3.26. The Morgan fingerprint density at radius 3 is 2.60 bits per heavy atom. The van der Waals surface area contributed by atoms with Crippen LogP contribution in [0.2, 0.25) is 5.02 Å². The summed E-state index contributed by atoms with van der Waals surface area (Å²) in [6.07, 6.45) is 2.22. The molecule has 2 aromatic heterocycles. The number of ether oxygens (including phenoxy) is 1. The highest BCUT2D eigenvalue weighted by atomic mass is 35.5. The molecule has 35 heavy (non-hydrogen) atoms. The topological polar surface area (TPSA) is 105 Å². The minimum absolute atomic E-state index is 0.0988. The average molecular weight is 492 g/mol. The molecule has 180 valence electrons. The van der Waals surface area contributed by atoms with Gasteiger partial charge in [0.25, 0.3) is 5.91 Å². The van der Waals surface area contributed by atoms with Gasteiger partial charge in [0.1, 0.15) is 0 Å². The summed E-state index contributed by atoms with van der Waals surface area (Å²) >= 11 is 6.59. The molecule has 1 aliphatic rings. The van der Waals surface area contributed by atoms with Crippen LogP contribution in [0.25, 0.3) is 33.1 Å². The van der Waals surface area contributed by atoms with Crippen molar-refractivity contribution in [2.24, 2.45) is 0 Å². The zero-order valence-electron chi connectivity index (χ0n) is 19.4. The molecule has 8 nitrogen and oxygen atoms in total. The second-order valence-corrected chi connectivity index (χ2v) is 9.03. The summed E-state index contributed by atoms with van der Waals surface area (Å²) in [5.74, 6) is -0.0988. The summed E-state index contributed by atoms with van der Waals surface area (Å²) in [4.78, 5) is 36.6. The quantitative estimate of drug-likeness (QED) is 0.421. The number of anilines is 1. The fraction of sp³-hybridized carbons (Fsp3) is 0.269. The highest BCUT2D eigenvalue weighted by Crippen LogP contribution is 2.31. The smallest absolute Gasteiger partial charge is 0.409 e. The van der Waals surface area contributed by atoms with Gasteiger partial charge in [-0.3, -0.25) is 4.79 Å². The predicted molar refractivity (Wildman–Crippen MR) is 138 cm³/mol. The van der Waals surface area contributed by atoms with Crippen LogP contribution in [0.3, 0.4) is 0 Å². The molecule has 0 bridgehead atoms. The molecular weight excluding hydrogens is 466 g/mol. The number of piperazine rings is 1. The van der Waals surface area contributed by atoms with E-state index in [9.17, 15) is 9.59 Å². The zero-order chi connectivity index (χ0) is 24.5. The molecule has 0 atom stereocenters. The summed E-state index contributed by atoms with van der Waals surface area (Å²) in [6.45, 7) is 4.14. The molecule has 0 radical (unpaired) electrons. The number of aromatic amines is 1. The molecule has 1 saturated heterocycles. The summed E-state index contributed by atoms with van der Waals surface area (Å²) in [7, 11) is 0. The van der Waals surface area contributed by atoms with Crippen molar-refractivity contribution in [2.45, 2.75) is 13.3 Å². The number of benzene rings is 2. The van der Waals surface area contributed by atoms with E-state index in [1.165, 1.54) is 0 Å². The SMILES string of the molecule is CCCOC(=O)N1CCN(C(=O)c2ccc3c(Cl)cc(-c4ccc5[nH]cc(N)c5c4)nc3c2)CC1. The van der Waals surface area contributed by atoms with Crippen LogP contribution in [0.4, 0.5) is 10.5 Å². The van der Waals surface area contributed by atoms with Gasteiger partial charge in [-0.1, -0.05) is 30.7 Å². The maximum absolute atomic E-state index is 13.2. The van der Waals surface area contributed by atoms with E-state index in [-0.39, 0.29) is 12.0 Å². The van der Waals surface area contributed by atoms with E-state index in [0.717, 1.165) is 28.3 Å². The number of nitrogen functional groups attached to an aromatic ring is 1. The molecule has 2 aromatic carbocycles. The largest absolute Gasteiger partial charge is 0.449 e. The Labute approximate surface area is 207 Å². The molecule has 0 saturated carbocycles. The highest BCUT2D eigenvalue weighted by molar-refractivity contribution is 6.35. The lowest BCUT2D eigenvalue weighted by atomic mass is 10.1. The highest BCUT2D eigenvalue weighted by Gasteiger charge is 2.26.